The number of amides is 1. The Balaban J connectivity index is 1.54. The Hall–Kier alpha value is -1.51. The number of aromatic nitrogens is 3. The lowest BCUT2D eigenvalue weighted by atomic mass is 9.96. The molecule has 0 bridgehead atoms. The van der Waals surface area contributed by atoms with E-state index in [2.05, 4.69) is 38.7 Å². The molecule has 3 heterocycles. The van der Waals surface area contributed by atoms with Gasteiger partial charge in [-0.1, -0.05) is 0 Å². The maximum absolute atomic E-state index is 12.2. The number of hydrogen-bond acceptors (Lipinski definition) is 6. The number of hydrogen-bond donors (Lipinski definition) is 0. The number of piperazine rings is 1. The van der Waals surface area contributed by atoms with Gasteiger partial charge in [0, 0.05) is 52.2 Å². The molecule has 1 aromatic heterocycles. The summed E-state index contributed by atoms with van der Waals surface area (Å²) in [5, 5.41) is 8.97. The zero-order valence-electron chi connectivity index (χ0n) is 16.7. The number of carbonyl (C=O) groups excluding carboxylic acids is 1. The van der Waals surface area contributed by atoms with Gasteiger partial charge in [0.25, 0.3) is 0 Å². The van der Waals surface area contributed by atoms with Crippen LogP contribution >= 0.6 is 0 Å². The van der Waals surface area contributed by atoms with Gasteiger partial charge >= 0.3 is 0 Å². The fraction of sp³-hybridized carbons (Fsp3) is 0.833. The first-order chi connectivity index (χ1) is 12.4. The van der Waals surface area contributed by atoms with Crippen LogP contribution in [0.25, 0.3) is 0 Å². The van der Waals surface area contributed by atoms with E-state index < -0.39 is 0 Å². The lowest BCUT2D eigenvalue weighted by Gasteiger charge is -2.33. The summed E-state index contributed by atoms with van der Waals surface area (Å²) in [6, 6.07) is 0. The summed E-state index contributed by atoms with van der Waals surface area (Å²) in [6.45, 7) is 7.40. The maximum atomic E-state index is 12.2. The van der Waals surface area contributed by atoms with Crippen molar-refractivity contribution < 1.29 is 4.79 Å². The smallest absolute Gasteiger partial charge is 0.236 e. The zero-order valence-corrected chi connectivity index (χ0v) is 16.7. The third-order valence-corrected chi connectivity index (χ3v) is 5.62. The van der Waals surface area contributed by atoms with Crippen molar-refractivity contribution in [3.63, 3.8) is 0 Å². The molecule has 2 fully saturated rings. The van der Waals surface area contributed by atoms with Crippen LogP contribution in [-0.2, 0) is 18.4 Å². The van der Waals surface area contributed by atoms with Crippen LogP contribution in [-0.4, -0.2) is 107 Å². The predicted octanol–water partition coefficient (Wildman–Crippen LogP) is -0.170. The van der Waals surface area contributed by atoms with E-state index in [0.717, 1.165) is 70.3 Å². The summed E-state index contributed by atoms with van der Waals surface area (Å²) in [7, 11) is 8.13. The minimum Gasteiger partial charge on any atom is -0.342 e. The molecule has 2 aliphatic rings. The molecule has 2 aliphatic heterocycles. The molecule has 1 amide bonds. The topological polar surface area (TPSA) is 60.7 Å². The van der Waals surface area contributed by atoms with Gasteiger partial charge in [-0.2, -0.15) is 0 Å². The van der Waals surface area contributed by atoms with Gasteiger partial charge in [-0.3, -0.25) is 9.69 Å². The molecule has 8 heteroatoms. The molecule has 146 valence electrons. The van der Waals surface area contributed by atoms with E-state index in [1.807, 2.05) is 23.9 Å². The van der Waals surface area contributed by atoms with Gasteiger partial charge in [0.05, 0.1) is 13.1 Å². The van der Waals surface area contributed by atoms with Crippen molar-refractivity contribution in [3.8, 4) is 0 Å². The Bertz CT molecular complexity index is 599. The average Bonchev–Trinajstić information content (AvgIpc) is 2.97. The lowest BCUT2D eigenvalue weighted by Crippen LogP contribution is -2.44. The Morgan fingerprint density at radius 3 is 2.31 bits per heavy atom. The van der Waals surface area contributed by atoms with Gasteiger partial charge in [-0.15, -0.1) is 10.2 Å². The number of likely N-dealkylation sites (tertiary alicyclic amines) is 1. The van der Waals surface area contributed by atoms with E-state index in [4.69, 9.17) is 0 Å². The molecule has 0 radical (unpaired) electrons. The van der Waals surface area contributed by atoms with Gasteiger partial charge in [-0.25, -0.2) is 0 Å². The summed E-state index contributed by atoms with van der Waals surface area (Å²) in [5.74, 6) is 2.75. The van der Waals surface area contributed by atoms with Crippen molar-refractivity contribution >= 4 is 5.91 Å². The Morgan fingerprint density at radius 1 is 1.04 bits per heavy atom. The molecule has 2 saturated heterocycles. The van der Waals surface area contributed by atoms with E-state index in [0.29, 0.717) is 12.5 Å². The second kappa shape index (κ2) is 8.45. The van der Waals surface area contributed by atoms with Crippen LogP contribution in [0.3, 0.4) is 0 Å². The van der Waals surface area contributed by atoms with Crippen molar-refractivity contribution in [2.24, 2.45) is 7.05 Å². The van der Waals surface area contributed by atoms with E-state index in [-0.39, 0.29) is 5.91 Å². The first-order valence-corrected chi connectivity index (χ1v) is 9.65. The van der Waals surface area contributed by atoms with Crippen molar-refractivity contribution in [1.29, 1.82) is 0 Å². The van der Waals surface area contributed by atoms with Crippen molar-refractivity contribution in [2.75, 3.05) is 67.0 Å². The molecule has 0 unspecified atom stereocenters. The fourth-order valence-electron chi connectivity index (χ4n) is 3.83. The molecule has 0 atom stereocenters. The lowest BCUT2D eigenvalue weighted by molar-refractivity contribution is -0.132. The van der Waals surface area contributed by atoms with E-state index >= 15 is 0 Å². The summed E-state index contributed by atoms with van der Waals surface area (Å²) >= 11 is 0. The zero-order chi connectivity index (χ0) is 18.7. The minimum atomic E-state index is 0.224. The highest BCUT2D eigenvalue weighted by atomic mass is 16.2. The highest BCUT2D eigenvalue weighted by Gasteiger charge is 2.28. The maximum Gasteiger partial charge on any atom is 0.236 e. The van der Waals surface area contributed by atoms with Crippen molar-refractivity contribution in [1.82, 2.24) is 34.4 Å². The standard InChI is InChI=1S/C18H33N7O/c1-21(2)14-17(26)25-7-5-15(6-8-25)18-20-19-16(23(18)4)13-24-11-9-22(3)10-12-24/h15H,5-14H2,1-4H3. The highest BCUT2D eigenvalue weighted by Crippen LogP contribution is 2.27. The van der Waals surface area contributed by atoms with Gasteiger partial charge in [0.15, 0.2) is 0 Å². The number of likely N-dealkylation sites (N-methyl/N-ethyl adjacent to an activating group) is 2. The van der Waals surface area contributed by atoms with Crippen LogP contribution in [0.15, 0.2) is 0 Å². The second-order valence-electron chi connectivity index (χ2n) is 8.01. The molecule has 0 saturated carbocycles. The Kier molecular flexibility index (Phi) is 6.26. The molecular formula is C18H33N7O. The summed E-state index contributed by atoms with van der Waals surface area (Å²) < 4.78 is 2.18. The fourth-order valence-corrected chi connectivity index (χ4v) is 3.83. The van der Waals surface area contributed by atoms with Crippen LogP contribution in [0.5, 0.6) is 0 Å². The van der Waals surface area contributed by atoms with Crippen molar-refractivity contribution in [3.05, 3.63) is 11.6 Å². The molecular weight excluding hydrogens is 330 g/mol. The molecule has 0 aromatic carbocycles. The Labute approximate surface area is 156 Å². The number of piperidine rings is 1. The average molecular weight is 364 g/mol. The minimum absolute atomic E-state index is 0.224. The molecule has 3 rings (SSSR count). The van der Waals surface area contributed by atoms with E-state index in [1.54, 1.807) is 0 Å². The Morgan fingerprint density at radius 2 is 1.69 bits per heavy atom. The van der Waals surface area contributed by atoms with Gasteiger partial charge in [0.1, 0.15) is 11.6 Å². The SMILES string of the molecule is CN(C)CC(=O)N1CCC(c2nnc(CN3CCN(C)CC3)n2C)CC1. The molecule has 8 nitrogen and oxygen atoms in total. The molecule has 26 heavy (non-hydrogen) atoms. The van der Waals surface area contributed by atoms with Gasteiger partial charge in [0.2, 0.25) is 5.91 Å². The first-order valence-electron chi connectivity index (χ1n) is 9.65. The molecule has 1 aromatic rings. The number of carbonyl (C=O) groups is 1. The second-order valence-corrected chi connectivity index (χ2v) is 8.01. The van der Waals surface area contributed by atoms with E-state index in [9.17, 15) is 4.79 Å². The first kappa shape index (κ1) is 19.3. The monoisotopic (exact) mass is 363 g/mol. The normalized spacial score (nSPS) is 20.9. The molecule has 0 aliphatic carbocycles. The quantitative estimate of drug-likeness (QED) is 0.724. The summed E-state index contributed by atoms with van der Waals surface area (Å²) in [6.07, 6.45) is 1.94. The van der Waals surface area contributed by atoms with Crippen LogP contribution in [0.2, 0.25) is 0 Å². The third-order valence-electron chi connectivity index (χ3n) is 5.62. The number of rotatable bonds is 5. The highest BCUT2D eigenvalue weighted by molar-refractivity contribution is 5.78. The third kappa shape index (κ3) is 4.61. The largest absolute Gasteiger partial charge is 0.342 e. The van der Waals surface area contributed by atoms with E-state index in [1.165, 1.54) is 0 Å². The van der Waals surface area contributed by atoms with Crippen LogP contribution in [0.1, 0.15) is 30.4 Å². The van der Waals surface area contributed by atoms with Gasteiger partial charge < -0.3 is 19.3 Å². The van der Waals surface area contributed by atoms with Crippen molar-refractivity contribution in [2.45, 2.75) is 25.3 Å². The number of nitrogens with zero attached hydrogens (tertiary/aromatic N) is 7. The molecule has 0 spiro atoms. The summed E-state index contributed by atoms with van der Waals surface area (Å²) in [5.41, 5.74) is 0. The van der Waals surface area contributed by atoms with Gasteiger partial charge in [-0.05, 0) is 34.0 Å². The predicted molar refractivity (Wildman–Crippen MR) is 101 cm³/mol. The summed E-state index contributed by atoms with van der Waals surface area (Å²) in [4.78, 5) is 20.9. The van der Waals surface area contributed by atoms with Crippen LogP contribution in [0.4, 0.5) is 0 Å². The van der Waals surface area contributed by atoms with Crippen LogP contribution < -0.4 is 0 Å². The van der Waals surface area contributed by atoms with Crippen LogP contribution in [0, 0.1) is 0 Å². The molecule has 0 N–H and O–H groups in total.